The Balaban J connectivity index is 1.15. The number of thiophene rings is 1. The molecule has 0 unspecified atom stereocenters. The smallest absolute Gasteiger partial charge is 0.271 e. The number of likely N-dealkylation sites (tertiary alicyclic amines) is 1. The van der Waals surface area contributed by atoms with Crippen molar-refractivity contribution >= 4 is 17.2 Å². The van der Waals surface area contributed by atoms with E-state index in [0.717, 1.165) is 58.2 Å². The number of ether oxygens (including phenoxy) is 1. The lowest BCUT2D eigenvalue weighted by Crippen LogP contribution is -2.54. The molecule has 3 aliphatic rings. The van der Waals surface area contributed by atoms with Gasteiger partial charge in [-0.15, -0.1) is 11.3 Å². The summed E-state index contributed by atoms with van der Waals surface area (Å²) in [5, 5.41) is 9.76. The molecule has 1 saturated carbocycles. The highest BCUT2D eigenvalue weighted by molar-refractivity contribution is 7.12. The summed E-state index contributed by atoms with van der Waals surface area (Å²) in [6.45, 7) is 7.70. The van der Waals surface area contributed by atoms with Crippen LogP contribution < -0.4 is 5.32 Å². The summed E-state index contributed by atoms with van der Waals surface area (Å²) >= 11 is 2.00. The molecule has 4 heterocycles. The van der Waals surface area contributed by atoms with E-state index in [0.29, 0.717) is 17.7 Å². The van der Waals surface area contributed by atoms with Crippen LogP contribution in [0.3, 0.4) is 0 Å². The van der Waals surface area contributed by atoms with Crippen molar-refractivity contribution in [3.63, 3.8) is 0 Å². The molecule has 2 aromatic rings. The van der Waals surface area contributed by atoms with Gasteiger partial charge in [0, 0.05) is 47.5 Å². The van der Waals surface area contributed by atoms with E-state index in [1.165, 1.54) is 10.4 Å². The molecule has 2 N–H and O–H groups in total. The number of hydrogen-bond acceptors (Lipinski definition) is 5. The van der Waals surface area contributed by atoms with Gasteiger partial charge in [0.1, 0.15) is 5.69 Å². The summed E-state index contributed by atoms with van der Waals surface area (Å²) in [4.78, 5) is 17.8. The number of aromatic amines is 1. The minimum atomic E-state index is -0.0690. The fraction of sp³-hybridized carbons (Fsp3) is 0.652. The van der Waals surface area contributed by atoms with Crippen LogP contribution in [0.4, 0.5) is 0 Å². The first-order valence-electron chi connectivity index (χ1n) is 11.4. The summed E-state index contributed by atoms with van der Waals surface area (Å²) in [5.41, 5.74) is 1.90. The van der Waals surface area contributed by atoms with E-state index < -0.39 is 0 Å². The normalized spacial score (nSPS) is 31.3. The summed E-state index contributed by atoms with van der Waals surface area (Å²) in [5.74, 6) is 0.599. The Bertz CT molecular complexity index is 889. The highest BCUT2D eigenvalue weighted by Crippen LogP contribution is 2.46. The number of aryl methyl sites for hydroxylation is 1. The third-order valence-corrected chi connectivity index (χ3v) is 8.59. The molecule has 7 heteroatoms. The van der Waals surface area contributed by atoms with Crippen molar-refractivity contribution in [3.8, 4) is 0 Å². The topological polar surface area (TPSA) is 70.2 Å². The number of carbonyl (C=O) groups is 1. The fourth-order valence-electron chi connectivity index (χ4n) is 5.53. The summed E-state index contributed by atoms with van der Waals surface area (Å²) < 4.78 is 6.47. The summed E-state index contributed by atoms with van der Waals surface area (Å²) in [6, 6.07) is 4.95. The van der Waals surface area contributed by atoms with Crippen LogP contribution in [-0.2, 0) is 23.2 Å². The quantitative estimate of drug-likeness (QED) is 0.765. The van der Waals surface area contributed by atoms with Gasteiger partial charge in [0.2, 0.25) is 0 Å². The minimum Gasteiger partial charge on any atom is -0.370 e. The molecule has 1 saturated heterocycles. The first kappa shape index (κ1) is 20.2. The minimum absolute atomic E-state index is 0.0624. The Morgan fingerprint density at radius 3 is 3.07 bits per heavy atom. The lowest BCUT2D eigenvalue weighted by atomic mass is 9.76. The van der Waals surface area contributed by atoms with Crippen LogP contribution in [0.5, 0.6) is 0 Å². The van der Waals surface area contributed by atoms with Gasteiger partial charge >= 0.3 is 0 Å². The molecule has 162 valence electrons. The molecular formula is C23H32N4O2S. The number of rotatable bonds is 5. The number of nitrogens with one attached hydrogen (secondary N) is 2. The second kappa shape index (κ2) is 8.09. The molecule has 1 amide bonds. The van der Waals surface area contributed by atoms with Crippen LogP contribution in [0.1, 0.15) is 65.3 Å². The van der Waals surface area contributed by atoms with Crippen LogP contribution in [-0.4, -0.2) is 52.8 Å². The highest BCUT2D eigenvalue weighted by Gasteiger charge is 2.45. The molecule has 5 rings (SSSR count). The molecule has 1 spiro atoms. The van der Waals surface area contributed by atoms with Crippen LogP contribution in [0, 0.1) is 5.92 Å². The largest absolute Gasteiger partial charge is 0.370 e. The SMILES string of the molecule is CCc1cc2c(s1)CCO[C@@]21CCN(C[C@H]2C[C@@H](NC(=O)c3cc[nH]n3)C2)[C@@H](C)C1. The van der Waals surface area contributed by atoms with Crippen molar-refractivity contribution in [3.05, 3.63) is 39.3 Å². The molecule has 6 nitrogen and oxygen atoms in total. The van der Waals surface area contributed by atoms with Crippen LogP contribution >= 0.6 is 11.3 Å². The Morgan fingerprint density at radius 2 is 2.33 bits per heavy atom. The number of piperidine rings is 1. The van der Waals surface area contributed by atoms with Gasteiger partial charge in [0.15, 0.2) is 0 Å². The number of hydrogen-bond donors (Lipinski definition) is 2. The molecule has 30 heavy (non-hydrogen) atoms. The van der Waals surface area contributed by atoms with Crippen molar-refractivity contribution in [2.45, 2.75) is 70.1 Å². The van der Waals surface area contributed by atoms with Gasteiger partial charge in [-0.05, 0) is 62.6 Å². The molecule has 0 bridgehead atoms. The Hall–Kier alpha value is -1.70. The first-order valence-corrected chi connectivity index (χ1v) is 12.2. The van der Waals surface area contributed by atoms with Gasteiger partial charge in [-0.2, -0.15) is 5.10 Å². The average molecular weight is 429 g/mol. The molecule has 0 radical (unpaired) electrons. The van der Waals surface area contributed by atoms with Crippen LogP contribution in [0.2, 0.25) is 0 Å². The average Bonchev–Trinajstić information content (AvgIpc) is 3.38. The van der Waals surface area contributed by atoms with Gasteiger partial charge in [0.25, 0.3) is 5.91 Å². The maximum atomic E-state index is 12.1. The maximum absolute atomic E-state index is 12.1. The predicted octanol–water partition coefficient (Wildman–Crippen LogP) is 3.49. The lowest BCUT2D eigenvalue weighted by Gasteiger charge is -2.49. The fourth-order valence-corrected chi connectivity index (χ4v) is 6.70. The first-order chi connectivity index (χ1) is 14.6. The van der Waals surface area contributed by atoms with Crippen molar-refractivity contribution in [1.29, 1.82) is 0 Å². The number of carbonyl (C=O) groups excluding carboxylic acids is 1. The van der Waals surface area contributed by atoms with E-state index >= 15 is 0 Å². The molecule has 1 aliphatic carbocycles. The second-order valence-corrected chi connectivity index (χ2v) is 10.5. The predicted molar refractivity (Wildman–Crippen MR) is 118 cm³/mol. The number of nitrogens with zero attached hydrogens (tertiary/aromatic N) is 2. The number of aromatic nitrogens is 2. The highest BCUT2D eigenvalue weighted by atomic mass is 32.1. The van der Waals surface area contributed by atoms with Crippen LogP contribution in [0.25, 0.3) is 0 Å². The zero-order valence-electron chi connectivity index (χ0n) is 17.9. The molecule has 2 fully saturated rings. The number of H-pyrrole nitrogens is 1. The maximum Gasteiger partial charge on any atom is 0.271 e. The lowest BCUT2D eigenvalue weighted by molar-refractivity contribution is -0.114. The van der Waals surface area contributed by atoms with E-state index in [9.17, 15) is 4.79 Å². The van der Waals surface area contributed by atoms with Crippen LogP contribution in [0.15, 0.2) is 18.3 Å². The van der Waals surface area contributed by atoms with E-state index in [1.807, 2.05) is 11.3 Å². The van der Waals surface area contributed by atoms with Gasteiger partial charge < -0.3 is 15.0 Å². The zero-order chi connectivity index (χ0) is 20.7. The standard InChI is InChI=1S/C23H32N4O2S/c1-3-18-12-19-21(30-18)5-9-29-23(19)6-8-27(15(2)13-23)14-16-10-17(11-16)25-22(28)20-4-7-24-26-20/h4,7,12,15-17H,3,5-6,8-11,13-14H2,1-2H3,(H,24,26)(H,25,28)/t15-,16-,17+,23+/m0/s1. The number of amides is 1. The van der Waals surface area contributed by atoms with Crippen molar-refractivity contribution in [1.82, 2.24) is 20.4 Å². The second-order valence-electron chi connectivity index (χ2n) is 9.26. The van der Waals surface area contributed by atoms with Crippen molar-refractivity contribution < 1.29 is 9.53 Å². The summed E-state index contributed by atoms with van der Waals surface area (Å²) in [6.07, 6.45) is 8.19. The van der Waals surface area contributed by atoms with Crippen molar-refractivity contribution in [2.75, 3.05) is 19.7 Å². The van der Waals surface area contributed by atoms with Gasteiger partial charge in [-0.1, -0.05) is 6.92 Å². The number of fused-ring (bicyclic) bond motifs is 2. The third-order valence-electron chi connectivity index (χ3n) is 7.26. The van der Waals surface area contributed by atoms with E-state index in [4.69, 9.17) is 4.74 Å². The van der Waals surface area contributed by atoms with Gasteiger partial charge in [0.05, 0.1) is 12.2 Å². The van der Waals surface area contributed by atoms with Crippen molar-refractivity contribution in [2.24, 2.45) is 5.92 Å². The van der Waals surface area contributed by atoms with E-state index in [1.54, 1.807) is 17.1 Å². The third kappa shape index (κ3) is 3.72. The van der Waals surface area contributed by atoms with E-state index in [-0.39, 0.29) is 17.6 Å². The van der Waals surface area contributed by atoms with Gasteiger partial charge in [-0.25, -0.2) is 0 Å². The molecule has 2 aliphatic heterocycles. The van der Waals surface area contributed by atoms with Gasteiger partial charge in [-0.3, -0.25) is 9.89 Å². The zero-order valence-corrected chi connectivity index (χ0v) is 18.8. The molecular weight excluding hydrogens is 396 g/mol. The Kier molecular flexibility index (Phi) is 5.45. The Labute approximate surface area is 182 Å². The molecule has 0 aromatic carbocycles. The Morgan fingerprint density at radius 1 is 1.47 bits per heavy atom. The molecule has 2 aromatic heterocycles. The summed E-state index contributed by atoms with van der Waals surface area (Å²) in [7, 11) is 0. The van der Waals surface area contributed by atoms with E-state index in [2.05, 4.69) is 40.3 Å². The monoisotopic (exact) mass is 428 g/mol. The molecule has 2 atom stereocenters.